The lowest BCUT2D eigenvalue weighted by atomic mass is 9.89. The van der Waals surface area contributed by atoms with Crippen molar-refractivity contribution < 1.29 is 8.42 Å². The molecule has 1 aromatic carbocycles. The summed E-state index contributed by atoms with van der Waals surface area (Å²) in [5.41, 5.74) is 2.65. The van der Waals surface area contributed by atoms with E-state index in [0.717, 1.165) is 45.2 Å². The van der Waals surface area contributed by atoms with Gasteiger partial charge in [-0.25, -0.2) is 13.1 Å². The number of hydrogen-bond donors (Lipinski definition) is 2. The molecule has 2 aliphatic rings. The fourth-order valence-electron chi connectivity index (χ4n) is 3.23. The molecule has 2 N–H and O–H groups in total. The summed E-state index contributed by atoms with van der Waals surface area (Å²) in [6.45, 7) is 1.61. The van der Waals surface area contributed by atoms with Gasteiger partial charge in [0.1, 0.15) is 0 Å². The summed E-state index contributed by atoms with van der Waals surface area (Å²) in [7, 11) is -3.18. The summed E-state index contributed by atoms with van der Waals surface area (Å²) in [4.78, 5) is 0. The minimum absolute atomic E-state index is 0.0600. The molecule has 1 heterocycles. The Labute approximate surface area is 121 Å². The van der Waals surface area contributed by atoms with Crippen molar-refractivity contribution in [1.82, 2.24) is 10.0 Å². The second-order valence-corrected chi connectivity index (χ2v) is 7.81. The van der Waals surface area contributed by atoms with E-state index in [1.54, 1.807) is 0 Å². The van der Waals surface area contributed by atoms with Crippen LogP contribution >= 0.6 is 0 Å². The lowest BCUT2D eigenvalue weighted by molar-refractivity contribution is 0.467. The van der Waals surface area contributed by atoms with Gasteiger partial charge in [-0.05, 0) is 56.3 Å². The Morgan fingerprint density at radius 3 is 2.50 bits per heavy atom. The van der Waals surface area contributed by atoms with Crippen LogP contribution in [0.15, 0.2) is 24.3 Å². The van der Waals surface area contributed by atoms with Crippen molar-refractivity contribution in [3.05, 3.63) is 35.4 Å². The monoisotopic (exact) mass is 294 g/mol. The number of rotatable bonds is 3. The molecule has 1 aliphatic carbocycles. The molecule has 0 radical (unpaired) electrons. The molecule has 1 atom stereocenters. The van der Waals surface area contributed by atoms with Crippen molar-refractivity contribution in [3.63, 3.8) is 0 Å². The third kappa shape index (κ3) is 3.05. The maximum Gasteiger partial charge on any atom is 0.214 e. The van der Waals surface area contributed by atoms with Gasteiger partial charge in [0.15, 0.2) is 0 Å². The van der Waals surface area contributed by atoms with Gasteiger partial charge in [-0.3, -0.25) is 0 Å². The van der Waals surface area contributed by atoms with E-state index >= 15 is 0 Å². The molecule has 110 valence electrons. The number of sulfonamides is 1. The van der Waals surface area contributed by atoms with Gasteiger partial charge in [0.05, 0.1) is 5.25 Å². The van der Waals surface area contributed by atoms with Crippen molar-refractivity contribution in [3.8, 4) is 0 Å². The number of nitrogens with one attached hydrogen (secondary N) is 2. The molecule has 0 amide bonds. The molecule has 0 spiro atoms. The summed E-state index contributed by atoms with van der Waals surface area (Å²) < 4.78 is 27.8. The van der Waals surface area contributed by atoms with Gasteiger partial charge >= 0.3 is 0 Å². The average Bonchev–Trinajstić information content (AvgIpc) is 2.48. The van der Waals surface area contributed by atoms with Crippen LogP contribution in [-0.2, 0) is 22.9 Å². The summed E-state index contributed by atoms with van der Waals surface area (Å²) in [5.74, 6) is 0. The van der Waals surface area contributed by atoms with E-state index < -0.39 is 10.0 Å². The van der Waals surface area contributed by atoms with E-state index in [4.69, 9.17) is 0 Å². The van der Waals surface area contributed by atoms with Crippen molar-refractivity contribution in [2.45, 2.75) is 43.4 Å². The molecule has 5 heteroatoms. The fraction of sp³-hybridized carbons (Fsp3) is 0.600. The van der Waals surface area contributed by atoms with Crippen molar-refractivity contribution >= 4 is 10.0 Å². The Kier molecular flexibility index (Phi) is 4.10. The molecule has 1 saturated heterocycles. The van der Waals surface area contributed by atoms with E-state index in [1.807, 2.05) is 6.07 Å². The molecule has 0 aromatic heterocycles. The van der Waals surface area contributed by atoms with Crippen LogP contribution < -0.4 is 10.0 Å². The topological polar surface area (TPSA) is 58.2 Å². The molecule has 0 bridgehead atoms. The van der Waals surface area contributed by atoms with Gasteiger partial charge in [0, 0.05) is 6.04 Å². The third-order valence-electron chi connectivity index (χ3n) is 4.40. The minimum atomic E-state index is -3.18. The first-order valence-electron chi connectivity index (χ1n) is 7.44. The summed E-state index contributed by atoms with van der Waals surface area (Å²) >= 11 is 0. The lowest BCUT2D eigenvalue weighted by Gasteiger charge is -2.29. The molecule has 0 saturated carbocycles. The van der Waals surface area contributed by atoms with Gasteiger partial charge in [-0.15, -0.1) is 0 Å². The van der Waals surface area contributed by atoms with Gasteiger partial charge in [0.25, 0.3) is 0 Å². The van der Waals surface area contributed by atoms with Crippen LogP contribution in [0.25, 0.3) is 0 Å². The predicted octanol–water partition coefficient (Wildman–Crippen LogP) is 1.22. The van der Waals surface area contributed by atoms with Crippen LogP contribution in [-0.4, -0.2) is 32.8 Å². The zero-order chi connectivity index (χ0) is 14.0. The van der Waals surface area contributed by atoms with Crippen LogP contribution in [0.4, 0.5) is 0 Å². The maximum atomic E-state index is 12.4. The smallest absolute Gasteiger partial charge is 0.214 e. The van der Waals surface area contributed by atoms with Crippen LogP contribution in [0.2, 0.25) is 0 Å². The number of hydrogen-bond acceptors (Lipinski definition) is 3. The first-order valence-corrected chi connectivity index (χ1v) is 8.98. The highest BCUT2D eigenvalue weighted by molar-refractivity contribution is 7.90. The Morgan fingerprint density at radius 1 is 1.05 bits per heavy atom. The molecule has 1 aromatic rings. The van der Waals surface area contributed by atoms with Crippen molar-refractivity contribution in [2.75, 3.05) is 13.1 Å². The Balaban J connectivity index is 1.66. The lowest BCUT2D eigenvalue weighted by Crippen LogP contribution is -2.46. The third-order valence-corrected chi connectivity index (χ3v) is 6.41. The Bertz CT molecular complexity index is 565. The second-order valence-electron chi connectivity index (χ2n) is 5.82. The van der Waals surface area contributed by atoms with Crippen LogP contribution in [0.1, 0.15) is 30.4 Å². The second kappa shape index (κ2) is 5.84. The van der Waals surface area contributed by atoms with Crippen LogP contribution in [0, 0.1) is 0 Å². The first kappa shape index (κ1) is 14.0. The van der Waals surface area contributed by atoms with Crippen molar-refractivity contribution in [1.29, 1.82) is 0 Å². The Hall–Kier alpha value is -0.910. The van der Waals surface area contributed by atoms with Gasteiger partial charge in [-0.2, -0.15) is 0 Å². The predicted molar refractivity (Wildman–Crippen MR) is 80.2 cm³/mol. The van der Waals surface area contributed by atoms with E-state index in [2.05, 4.69) is 28.2 Å². The number of aryl methyl sites for hydroxylation is 1. The quantitative estimate of drug-likeness (QED) is 0.881. The molecule has 1 aliphatic heterocycles. The Morgan fingerprint density at radius 2 is 1.75 bits per heavy atom. The molecule has 1 unspecified atom stereocenters. The van der Waals surface area contributed by atoms with E-state index in [-0.39, 0.29) is 11.3 Å². The molecule has 3 rings (SSSR count). The molecule has 20 heavy (non-hydrogen) atoms. The highest BCUT2D eigenvalue weighted by Gasteiger charge is 2.30. The van der Waals surface area contributed by atoms with E-state index in [1.165, 1.54) is 11.1 Å². The number of benzene rings is 1. The SMILES string of the molecule is O=S(=O)(NC1CCc2ccccc2C1)C1CCNCC1. The summed E-state index contributed by atoms with van der Waals surface area (Å²) in [6.07, 6.45) is 4.13. The first-order chi connectivity index (χ1) is 9.65. The molecule has 1 fully saturated rings. The standard InChI is InChI=1S/C15H22N2O2S/c18-20(19,15-7-9-16-10-8-15)17-14-6-5-12-3-1-2-4-13(12)11-14/h1-4,14-17H,5-11H2. The van der Waals surface area contributed by atoms with E-state index in [9.17, 15) is 8.42 Å². The zero-order valence-corrected chi connectivity index (χ0v) is 12.5. The van der Waals surface area contributed by atoms with Crippen LogP contribution in [0.3, 0.4) is 0 Å². The highest BCUT2D eigenvalue weighted by Crippen LogP contribution is 2.22. The summed E-state index contributed by atoms with van der Waals surface area (Å²) in [6, 6.07) is 8.40. The molecular weight excluding hydrogens is 272 g/mol. The number of fused-ring (bicyclic) bond motifs is 1. The maximum absolute atomic E-state index is 12.4. The molecular formula is C15H22N2O2S. The summed E-state index contributed by atoms with van der Waals surface area (Å²) in [5, 5.41) is 2.99. The molecule has 4 nitrogen and oxygen atoms in total. The highest BCUT2D eigenvalue weighted by atomic mass is 32.2. The zero-order valence-electron chi connectivity index (χ0n) is 11.6. The normalized spacial score (nSPS) is 24.3. The van der Waals surface area contributed by atoms with Crippen molar-refractivity contribution in [2.24, 2.45) is 0 Å². The van der Waals surface area contributed by atoms with Gasteiger partial charge in [0.2, 0.25) is 10.0 Å². The minimum Gasteiger partial charge on any atom is -0.317 e. The largest absolute Gasteiger partial charge is 0.317 e. The van der Waals surface area contributed by atoms with Gasteiger partial charge in [-0.1, -0.05) is 24.3 Å². The average molecular weight is 294 g/mol. The van der Waals surface area contributed by atoms with Crippen LogP contribution in [0.5, 0.6) is 0 Å². The fourth-order valence-corrected chi connectivity index (χ4v) is 4.95. The van der Waals surface area contributed by atoms with E-state index in [0.29, 0.717) is 0 Å². The van der Waals surface area contributed by atoms with Gasteiger partial charge < -0.3 is 5.32 Å². The number of piperidine rings is 1.